The Labute approximate surface area is 205 Å². The Kier molecular flexibility index (Phi) is 7.58. The molecule has 1 N–H and O–H groups in total. The molecule has 176 valence electrons. The van der Waals surface area contributed by atoms with E-state index in [4.69, 9.17) is 14.6 Å². The third-order valence-electron chi connectivity index (χ3n) is 5.55. The summed E-state index contributed by atoms with van der Waals surface area (Å²) in [6.45, 7) is 3.94. The average Bonchev–Trinajstić information content (AvgIpc) is 2.87. The quantitative estimate of drug-likeness (QED) is 0.312. The normalized spacial score (nSPS) is 11.2. The van der Waals surface area contributed by atoms with E-state index in [2.05, 4.69) is 66.5 Å². The van der Waals surface area contributed by atoms with Gasteiger partial charge in [-0.15, -0.1) is 0 Å². The predicted molar refractivity (Wildman–Crippen MR) is 138 cm³/mol. The maximum atomic E-state index is 10.7. The summed E-state index contributed by atoms with van der Waals surface area (Å²) in [6, 6.07) is 28.1. The molecule has 0 amide bonds. The molecule has 0 aliphatic rings. The summed E-state index contributed by atoms with van der Waals surface area (Å²) in [7, 11) is 0. The van der Waals surface area contributed by atoms with Crippen LogP contribution >= 0.6 is 0 Å². The van der Waals surface area contributed by atoms with E-state index in [0.717, 1.165) is 33.5 Å². The third-order valence-corrected chi connectivity index (χ3v) is 5.55. The molecule has 0 aliphatic heterocycles. The first-order valence-electron chi connectivity index (χ1n) is 11.4. The highest BCUT2D eigenvalue weighted by Gasteiger charge is 2.08. The number of aromatic nitrogens is 1. The molecule has 4 rings (SSSR count). The minimum absolute atomic E-state index is 0.372. The number of aryl methyl sites for hydroxylation is 2. The van der Waals surface area contributed by atoms with Crippen molar-refractivity contribution in [2.75, 3.05) is 13.2 Å². The number of ether oxygens (including phenoxy) is 2. The van der Waals surface area contributed by atoms with E-state index in [1.807, 2.05) is 31.2 Å². The molecule has 35 heavy (non-hydrogen) atoms. The van der Waals surface area contributed by atoms with E-state index in [1.54, 1.807) is 18.3 Å². The molecule has 3 aromatic carbocycles. The van der Waals surface area contributed by atoms with Gasteiger partial charge in [-0.2, -0.15) is 0 Å². The van der Waals surface area contributed by atoms with Gasteiger partial charge >= 0.3 is 5.97 Å². The number of hydrogen-bond donors (Lipinski definition) is 1. The minimum atomic E-state index is -1.01. The zero-order valence-electron chi connectivity index (χ0n) is 19.8. The third kappa shape index (κ3) is 6.36. The zero-order valence-corrected chi connectivity index (χ0v) is 19.8. The van der Waals surface area contributed by atoms with Crippen LogP contribution in [0.5, 0.6) is 11.5 Å². The lowest BCUT2D eigenvalue weighted by Gasteiger charge is -2.12. The minimum Gasteiger partial charge on any atom is -0.489 e. The number of rotatable bonds is 9. The Bertz CT molecular complexity index is 1310. The van der Waals surface area contributed by atoms with E-state index in [0.29, 0.717) is 18.1 Å². The van der Waals surface area contributed by atoms with E-state index < -0.39 is 5.97 Å². The van der Waals surface area contributed by atoms with Crippen LogP contribution in [0.25, 0.3) is 16.8 Å². The van der Waals surface area contributed by atoms with Crippen LogP contribution < -0.4 is 9.47 Å². The summed E-state index contributed by atoms with van der Waals surface area (Å²) in [4.78, 5) is 15.2. The summed E-state index contributed by atoms with van der Waals surface area (Å²) in [5.74, 6) is 0.213. The molecule has 0 saturated heterocycles. The zero-order chi connectivity index (χ0) is 24.6. The van der Waals surface area contributed by atoms with Gasteiger partial charge in [0.15, 0.2) is 6.61 Å². The van der Waals surface area contributed by atoms with Gasteiger partial charge in [0.25, 0.3) is 0 Å². The molecule has 0 radical (unpaired) electrons. The Hall–Kier alpha value is -4.38. The lowest BCUT2D eigenvalue weighted by Crippen LogP contribution is -2.10. The highest BCUT2D eigenvalue weighted by Crippen LogP contribution is 2.27. The SMILES string of the molecule is Cc1ccc(/C(=C/COc2ccc(OCC(=O)O)c(C)c2)c2ccc(-c3ccccn3)cc2)cc1. The van der Waals surface area contributed by atoms with E-state index in [9.17, 15) is 4.79 Å². The number of benzene rings is 3. The average molecular weight is 466 g/mol. The molecule has 0 bridgehead atoms. The van der Waals surface area contributed by atoms with Crippen molar-refractivity contribution in [3.8, 4) is 22.8 Å². The summed E-state index contributed by atoms with van der Waals surface area (Å²) < 4.78 is 11.3. The summed E-state index contributed by atoms with van der Waals surface area (Å²) in [5.41, 5.74) is 7.30. The van der Waals surface area contributed by atoms with Gasteiger partial charge in [0.1, 0.15) is 18.1 Å². The fourth-order valence-corrected chi connectivity index (χ4v) is 3.72. The van der Waals surface area contributed by atoms with Crippen LogP contribution in [0, 0.1) is 13.8 Å². The van der Waals surface area contributed by atoms with Crippen LogP contribution in [0.3, 0.4) is 0 Å². The van der Waals surface area contributed by atoms with Gasteiger partial charge in [0.2, 0.25) is 0 Å². The Balaban J connectivity index is 1.54. The van der Waals surface area contributed by atoms with Gasteiger partial charge in [0, 0.05) is 11.8 Å². The number of aliphatic carboxylic acids is 1. The summed E-state index contributed by atoms with van der Waals surface area (Å²) in [5, 5.41) is 8.81. The van der Waals surface area contributed by atoms with Crippen LogP contribution in [0.1, 0.15) is 22.3 Å². The molecular weight excluding hydrogens is 438 g/mol. The molecule has 5 nitrogen and oxygen atoms in total. The number of carboxylic acid groups (broad SMARTS) is 1. The molecule has 0 aliphatic carbocycles. The van der Waals surface area contributed by atoms with E-state index in [1.165, 1.54) is 5.56 Å². The van der Waals surface area contributed by atoms with E-state index >= 15 is 0 Å². The van der Waals surface area contributed by atoms with Gasteiger partial charge in [0.05, 0.1) is 5.69 Å². The second-order valence-corrected chi connectivity index (χ2v) is 8.20. The van der Waals surface area contributed by atoms with Gasteiger partial charge < -0.3 is 14.6 Å². The molecule has 1 aromatic heterocycles. The van der Waals surface area contributed by atoms with Crippen molar-refractivity contribution in [1.29, 1.82) is 0 Å². The van der Waals surface area contributed by atoms with Crippen molar-refractivity contribution in [3.63, 3.8) is 0 Å². The first-order valence-corrected chi connectivity index (χ1v) is 11.4. The first-order chi connectivity index (χ1) is 17.0. The van der Waals surface area contributed by atoms with Gasteiger partial charge in [-0.1, -0.05) is 60.2 Å². The number of nitrogens with zero attached hydrogens (tertiary/aromatic N) is 1. The second-order valence-electron chi connectivity index (χ2n) is 8.20. The van der Waals surface area contributed by atoms with Crippen molar-refractivity contribution in [3.05, 3.63) is 119 Å². The fourth-order valence-electron chi connectivity index (χ4n) is 3.72. The Morgan fingerprint density at radius 1 is 0.886 bits per heavy atom. The number of pyridine rings is 1. The Morgan fingerprint density at radius 2 is 1.60 bits per heavy atom. The summed E-state index contributed by atoms with van der Waals surface area (Å²) in [6.07, 6.45) is 3.87. The van der Waals surface area contributed by atoms with Gasteiger partial charge in [-0.3, -0.25) is 4.98 Å². The van der Waals surface area contributed by atoms with Gasteiger partial charge in [-0.05, 0) is 72.5 Å². The number of hydrogen-bond acceptors (Lipinski definition) is 4. The Morgan fingerprint density at radius 3 is 2.23 bits per heavy atom. The van der Waals surface area contributed by atoms with Crippen molar-refractivity contribution in [2.24, 2.45) is 0 Å². The van der Waals surface area contributed by atoms with Crippen LogP contribution in [-0.2, 0) is 4.79 Å². The second kappa shape index (κ2) is 11.2. The lowest BCUT2D eigenvalue weighted by atomic mass is 9.95. The van der Waals surface area contributed by atoms with Crippen LogP contribution in [0.4, 0.5) is 0 Å². The standard InChI is InChI=1S/C30H27NO4/c1-21-6-8-23(9-7-21)27(24-10-12-25(13-11-24)28-5-3-4-17-31-28)16-18-34-26-14-15-29(22(2)19-26)35-20-30(32)33/h3-17,19H,18,20H2,1-2H3,(H,32,33)/b27-16-. The molecule has 0 fully saturated rings. The van der Waals surface area contributed by atoms with Gasteiger partial charge in [-0.25, -0.2) is 4.79 Å². The molecule has 0 saturated carbocycles. The van der Waals surface area contributed by atoms with Crippen LogP contribution in [0.15, 0.2) is 97.2 Å². The smallest absolute Gasteiger partial charge is 0.341 e. The van der Waals surface area contributed by atoms with Crippen molar-refractivity contribution in [1.82, 2.24) is 4.98 Å². The molecule has 0 unspecified atom stereocenters. The van der Waals surface area contributed by atoms with Crippen molar-refractivity contribution in [2.45, 2.75) is 13.8 Å². The fraction of sp³-hybridized carbons (Fsp3) is 0.133. The molecule has 0 spiro atoms. The van der Waals surface area contributed by atoms with Crippen molar-refractivity contribution >= 4 is 11.5 Å². The highest BCUT2D eigenvalue weighted by molar-refractivity contribution is 5.81. The highest BCUT2D eigenvalue weighted by atomic mass is 16.5. The van der Waals surface area contributed by atoms with Crippen molar-refractivity contribution < 1.29 is 19.4 Å². The molecule has 1 heterocycles. The van der Waals surface area contributed by atoms with Crippen LogP contribution in [0.2, 0.25) is 0 Å². The lowest BCUT2D eigenvalue weighted by molar-refractivity contribution is -0.139. The monoisotopic (exact) mass is 465 g/mol. The molecular formula is C30H27NO4. The predicted octanol–water partition coefficient (Wildman–Crippen LogP) is 6.34. The summed E-state index contributed by atoms with van der Waals surface area (Å²) >= 11 is 0. The molecule has 0 atom stereocenters. The maximum Gasteiger partial charge on any atom is 0.341 e. The maximum absolute atomic E-state index is 10.7. The molecule has 5 heteroatoms. The number of carbonyl (C=O) groups is 1. The first kappa shape index (κ1) is 23.8. The van der Waals surface area contributed by atoms with Crippen LogP contribution in [-0.4, -0.2) is 29.3 Å². The number of carboxylic acids is 1. The largest absolute Gasteiger partial charge is 0.489 e. The van der Waals surface area contributed by atoms with E-state index in [-0.39, 0.29) is 6.61 Å². The topological polar surface area (TPSA) is 68.7 Å². The molecule has 4 aromatic rings.